The monoisotopic (exact) mass is 359 g/mol. The van der Waals surface area contributed by atoms with E-state index in [1.165, 1.54) is 6.07 Å². The predicted octanol–water partition coefficient (Wildman–Crippen LogP) is 0.849. The quantitative estimate of drug-likeness (QED) is 0.793. The number of fused-ring (bicyclic) bond motifs is 1. The van der Waals surface area contributed by atoms with Crippen LogP contribution in [0.2, 0.25) is 0 Å². The largest absolute Gasteiger partial charge is 0.483 e. The molecule has 1 aromatic carbocycles. The number of morpholine rings is 1. The lowest BCUT2D eigenvalue weighted by Crippen LogP contribution is -2.42. The number of amides is 1. The van der Waals surface area contributed by atoms with Gasteiger partial charge in [0, 0.05) is 44.2 Å². The van der Waals surface area contributed by atoms with E-state index in [1.54, 1.807) is 4.57 Å². The third-order valence-corrected chi connectivity index (χ3v) is 4.51. The molecule has 0 bridgehead atoms. The van der Waals surface area contributed by atoms with Crippen LogP contribution in [0.3, 0.4) is 0 Å². The lowest BCUT2D eigenvalue weighted by Gasteiger charge is -2.26. The zero-order valence-electron chi connectivity index (χ0n) is 15.1. The summed E-state index contributed by atoms with van der Waals surface area (Å²) in [5.41, 5.74) is 0.680. The maximum Gasteiger partial charge on any atom is 0.257 e. The minimum absolute atomic E-state index is 0.108. The number of aryl methyl sites for hydroxylation is 1. The van der Waals surface area contributed by atoms with Gasteiger partial charge in [0.15, 0.2) is 6.61 Å². The van der Waals surface area contributed by atoms with Gasteiger partial charge in [-0.05, 0) is 19.1 Å². The van der Waals surface area contributed by atoms with Crippen molar-refractivity contribution < 1.29 is 14.3 Å². The van der Waals surface area contributed by atoms with Crippen LogP contribution in [0.25, 0.3) is 10.9 Å². The molecule has 2 heterocycles. The first kappa shape index (κ1) is 18.4. The van der Waals surface area contributed by atoms with Crippen molar-refractivity contribution in [3.63, 3.8) is 0 Å². The van der Waals surface area contributed by atoms with Crippen LogP contribution in [-0.4, -0.2) is 61.4 Å². The molecule has 3 rings (SSSR count). The fourth-order valence-electron chi connectivity index (χ4n) is 3.12. The number of rotatable bonds is 7. The van der Waals surface area contributed by atoms with Crippen LogP contribution < -0.4 is 15.6 Å². The molecule has 0 spiro atoms. The minimum Gasteiger partial charge on any atom is -0.483 e. The first-order chi connectivity index (χ1) is 12.7. The molecule has 1 fully saturated rings. The first-order valence-electron chi connectivity index (χ1n) is 9.01. The van der Waals surface area contributed by atoms with Gasteiger partial charge in [-0.25, -0.2) is 0 Å². The molecule has 0 atom stereocenters. The normalized spacial score (nSPS) is 15.1. The number of nitrogens with one attached hydrogen (secondary N) is 1. The van der Waals surface area contributed by atoms with Crippen molar-refractivity contribution in [2.75, 3.05) is 46.0 Å². The number of benzene rings is 1. The van der Waals surface area contributed by atoms with Crippen LogP contribution in [0.4, 0.5) is 0 Å². The van der Waals surface area contributed by atoms with Crippen LogP contribution >= 0.6 is 0 Å². The van der Waals surface area contributed by atoms with E-state index in [-0.39, 0.29) is 18.1 Å². The molecule has 26 heavy (non-hydrogen) atoms. The Kier molecular flexibility index (Phi) is 6.25. The van der Waals surface area contributed by atoms with E-state index in [0.717, 1.165) is 43.8 Å². The summed E-state index contributed by atoms with van der Waals surface area (Å²) in [5.74, 6) is 0.251. The molecule has 7 heteroatoms. The zero-order chi connectivity index (χ0) is 18.4. The summed E-state index contributed by atoms with van der Waals surface area (Å²) in [6.07, 6.45) is 0. The zero-order valence-corrected chi connectivity index (χ0v) is 15.1. The highest BCUT2D eigenvalue weighted by Crippen LogP contribution is 2.23. The van der Waals surface area contributed by atoms with Gasteiger partial charge in [-0.1, -0.05) is 12.1 Å². The molecule has 0 radical (unpaired) electrons. The Hall–Kier alpha value is -2.38. The third-order valence-electron chi connectivity index (χ3n) is 4.51. The van der Waals surface area contributed by atoms with E-state index in [0.29, 0.717) is 18.8 Å². The second-order valence-corrected chi connectivity index (χ2v) is 6.20. The molecule has 1 saturated heterocycles. The van der Waals surface area contributed by atoms with Gasteiger partial charge in [0.1, 0.15) is 5.75 Å². The summed E-state index contributed by atoms with van der Waals surface area (Å²) in [6.45, 7) is 7.05. The average Bonchev–Trinajstić information content (AvgIpc) is 2.67. The number of ether oxygens (including phenoxy) is 2. The number of carbonyl (C=O) groups excluding carboxylic acids is 1. The van der Waals surface area contributed by atoms with Crippen molar-refractivity contribution in [2.45, 2.75) is 13.5 Å². The summed E-state index contributed by atoms with van der Waals surface area (Å²) < 4.78 is 12.6. The first-order valence-corrected chi connectivity index (χ1v) is 9.01. The smallest absolute Gasteiger partial charge is 0.257 e. The Labute approximate surface area is 152 Å². The Morgan fingerprint density at radius 2 is 2.04 bits per heavy atom. The number of nitrogens with zero attached hydrogens (tertiary/aromatic N) is 2. The number of pyridine rings is 1. The van der Waals surface area contributed by atoms with E-state index in [2.05, 4.69) is 10.2 Å². The lowest BCUT2D eigenvalue weighted by atomic mass is 10.2. The van der Waals surface area contributed by atoms with Gasteiger partial charge < -0.3 is 19.4 Å². The SMILES string of the molecule is CCn1c(=O)cc(OCC(=O)NCCN2CCOCC2)c2ccccc21. The third kappa shape index (κ3) is 4.42. The summed E-state index contributed by atoms with van der Waals surface area (Å²) >= 11 is 0. The Balaban J connectivity index is 1.57. The van der Waals surface area contributed by atoms with Crippen molar-refractivity contribution in [1.29, 1.82) is 0 Å². The maximum absolute atomic E-state index is 12.2. The van der Waals surface area contributed by atoms with Crippen LogP contribution in [0.1, 0.15) is 6.92 Å². The molecule has 140 valence electrons. The number of carbonyl (C=O) groups is 1. The standard InChI is InChI=1S/C19H25N3O4/c1-2-22-16-6-4-3-5-15(16)17(13-19(22)24)26-14-18(23)20-7-8-21-9-11-25-12-10-21/h3-6,13H,2,7-12,14H2,1H3,(H,20,23). The molecule has 1 aromatic heterocycles. The van der Waals surface area contributed by atoms with E-state index in [4.69, 9.17) is 9.47 Å². The van der Waals surface area contributed by atoms with Crippen molar-refractivity contribution in [3.8, 4) is 5.75 Å². The molecule has 7 nitrogen and oxygen atoms in total. The number of para-hydroxylation sites is 1. The van der Waals surface area contributed by atoms with E-state index in [9.17, 15) is 9.59 Å². The van der Waals surface area contributed by atoms with Gasteiger partial charge in [0.25, 0.3) is 11.5 Å². The minimum atomic E-state index is -0.193. The molecule has 1 amide bonds. The van der Waals surface area contributed by atoms with Gasteiger partial charge in [0.05, 0.1) is 18.7 Å². The molecule has 0 unspecified atom stereocenters. The molecule has 1 aliphatic rings. The predicted molar refractivity (Wildman–Crippen MR) is 99.6 cm³/mol. The summed E-state index contributed by atoms with van der Waals surface area (Å²) in [4.78, 5) is 26.5. The molecule has 1 N–H and O–H groups in total. The maximum atomic E-state index is 12.2. The number of hydrogen-bond acceptors (Lipinski definition) is 5. The summed E-state index contributed by atoms with van der Waals surface area (Å²) in [5, 5.41) is 3.68. The Bertz CT molecular complexity index is 812. The van der Waals surface area contributed by atoms with E-state index >= 15 is 0 Å². The van der Waals surface area contributed by atoms with Crippen LogP contribution in [0.5, 0.6) is 5.75 Å². The van der Waals surface area contributed by atoms with Gasteiger partial charge in [-0.15, -0.1) is 0 Å². The molecule has 1 aliphatic heterocycles. The molecule has 2 aromatic rings. The molecular formula is C19H25N3O4. The fourth-order valence-corrected chi connectivity index (χ4v) is 3.12. The van der Waals surface area contributed by atoms with Gasteiger partial charge in [0.2, 0.25) is 0 Å². The highest BCUT2D eigenvalue weighted by Gasteiger charge is 2.12. The number of hydrogen-bond donors (Lipinski definition) is 1. The Morgan fingerprint density at radius 1 is 1.27 bits per heavy atom. The van der Waals surface area contributed by atoms with Gasteiger partial charge in [-0.2, -0.15) is 0 Å². The molecule has 0 aliphatic carbocycles. The van der Waals surface area contributed by atoms with Crippen molar-refractivity contribution >= 4 is 16.8 Å². The second kappa shape index (κ2) is 8.82. The van der Waals surface area contributed by atoms with Crippen molar-refractivity contribution in [2.24, 2.45) is 0 Å². The molecule has 0 saturated carbocycles. The summed E-state index contributed by atoms with van der Waals surface area (Å²) in [6, 6.07) is 9.01. The van der Waals surface area contributed by atoms with Crippen molar-refractivity contribution in [1.82, 2.24) is 14.8 Å². The second-order valence-electron chi connectivity index (χ2n) is 6.20. The van der Waals surface area contributed by atoms with Gasteiger partial charge >= 0.3 is 0 Å². The highest BCUT2D eigenvalue weighted by atomic mass is 16.5. The van der Waals surface area contributed by atoms with Crippen LogP contribution in [-0.2, 0) is 16.1 Å². The van der Waals surface area contributed by atoms with Crippen LogP contribution in [0.15, 0.2) is 35.1 Å². The van der Waals surface area contributed by atoms with E-state index in [1.807, 2.05) is 31.2 Å². The lowest BCUT2D eigenvalue weighted by molar-refractivity contribution is -0.123. The van der Waals surface area contributed by atoms with Crippen molar-refractivity contribution in [3.05, 3.63) is 40.7 Å². The highest BCUT2D eigenvalue weighted by molar-refractivity contribution is 5.86. The average molecular weight is 359 g/mol. The van der Waals surface area contributed by atoms with Gasteiger partial charge in [-0.3, -0.25) is 14.5 Å². The number of aromatic nitrogens is 1. The summed E-state index contributed by atoms with van der Waals surface area (Å²) in [7, 11) is 0. The molecular weight excluding hydrogens is 334 g/mol. The van der Waals surface area contributed by atoms with Crippen LogP contribution in [0, 0.1) is 0 Å². The Morgan fingerprint density at radius 3 is 2.81 bits per heavy atom. The topological polar surface area (TPSA) is 72.8 Å². The van der Waals surface area contributed by atoms with E-state index < -0.39 is 0 Å². The fraction of sp³-hybridized carbons (Fsp3) is 0.474.